The van der Waals surface area contributed by atoms with Gasteiger partial charge in [-0.05, 0) is 43.3 Å². The number of hydrogen-bond acceptors (Lipinski definition) is 6. The van der Waals surface area contributed by atoms with E-state index in [2.05, 4.69) is 24.2 Å². The van der Waals surface area contributed by atoms with E-state index in [0.717, 1.165) is 32.6 Å². The standard InChI is InChI=1S/C20H17N3O2S2/c1-14-8-9-17(27-14)12-21-23-18(19-7-4-10-25-19)13-26-20(23)22-15-5-3-6-16(11-15)24-2/h3-13H,1-2H3. The Balaban J connectivity index is 1.81. The van der Waals surface area contributed by atoms with Gasteiger partial charge in [-0.2, -0.15) is 5.10 Å². The van der Waals surface area contributed by atoms with Gasteiger partial charge in [0.05, 0.1) is 25.3 Å². The van der Waals surface area contributed by atoms with Crippen molar-refractivity contribution in [3.8, 4) is 17.2 Å². The Hall–Kier alpha value is -2.90. The lowest BCUT2D eigenvalue weighted by Gasteiger charge is -2.01. The van der Waals surface area contributed by atoms with Crippen molar-refractivity contribution in [2.75, 3.05) is 7.11 Å². The molecular weight excluding hydrogens is 378 g/mol. The van der Waals surface area contributed by atoms with Crippen molar-refractivity contribution in [1.29, 1.82) is 0 Å². The third-order valence-corrected chi connectivity index (χ3v) is 5.55. The number of methoxy groups -OCH3 is 1. The summed E-state index contributed by atoms with van der Waals surface area (Å²) in [5.41, 5.74) is 1.66. The number of thiophene rings is 1. The third kappa shape index (κ3) is 3.94. The first-order valence-corrected chi connectivity index (χ1v) is 9.96. The summed E-state index contributed by atoms with van der Waals surface area (Å²) in [5, 5.41) is 6.67. The maximum absolute atomic E-state index is 5.57. The van der Waals surface area contributed by atoms with Crippen LogP contribution in [0.2, 0.25) is 0 Å². The lowest BCUT2D eigenvalue weighted by Crippen LogP contribution is -2.11. The first kappa shape index (κ1) is 17.5. The van der Waals surface area contributed by atoms with Crippen molar-refractivity contribution in [2.24, 2.45) is 10.1 Å². The van der Waals surface area contributed by atoms with Gasteiger partial charge >= 0.3 is 0 Å². The summed E-state index contributed by atoms with van der Waals surface area (Å²) in [5.74, 6) is 1.51. The fourth-order valence-corrected chi connectivity index (χ4v) is 4.09. The molecule has 0 spiro atoms. The average molecular weight is 396 g/mol. The minimum absolute atomic E-state index is 0.748. The highest BCUT2D eigenvalue weighted by Gasteiger charge is 2.10. The average Bonchev–Trinajstić information content (AvgIpc) is 3.41. The molecule has 0 fully saturated rings. The SMILES string of the molecule is COc1cccc(N=c2scc(-c3ccco3)n2N=Cc2ccc(C)s2)c1. The zero-order chi connectivity index (χ0) is 18.6. The number of furan rings is 1. The van der Waals surface area contributed by atoms with E-state index >= 15 is 0 Å². The topological polar surface area (TPSA) is 52.0 Å². The van der Waals surface area contributed by atoms with Crippen LogP contribution in [0.1, 0.15) is 9.75 Å². The van der Waals surface area contributed by atoms with Crippen molar-refractivity contribution in [3.63, 3.8) is 0 Å². The van der Waals surface area contributed by atoms with Crippen LogP contribution in [-0.2, 0) is 0 Å². The molecule has 27 heavy (non-hydrogen) atoms. The molecule has 0 radical (unpaired) electrons. The molecule has 1 aromatic carbocycles. The largest absolute Gasteiger partial charge is 0.497 e. The van der Waals surface area contributed by atoms with E-state index in [9.17, 15) is 0 Å². The van der Waals surface area contributed by atoms with E-state index in [1.807, 2.05) is 48.0 Å². The summed E-state index contributed by atoms with van der Waals surface area (Å²) in [7, 11) is 1.65. The molecule has 4 aromatic rings. The smallest absolute Gasteiger partial charge is 0.211 e. The lowest BCUT2D eigenvalue weighted by molar-refractivity contribution is 0.415. The Morgan fingerprint density at radius 1 is 1.15 bits per heavy atom. The highest BCUT2D eigenvalue weighted by Crippen LogP contribution is 2.23. The molecule has 136 valence electrons. The third-order valence-electron chi connectivity index (χ3n) is 3.80. The van der Waals surface area contributed by atoms with Crippen LogP contribution in [0.3, 0.4) is 0 Å². The second-order valence-corrected chi connectivity index (χ2v) is 7.85. The zero-order valence-corrected chi connectivity index (χ0v) is 16.5. The van der Waals surface area contributed by atoms with E-state index in [4.69, 9.17) is 14.1 Å². The Kier molecular flexibility index (Phi) is 5.04. The lowest BCUT2D eigenvalue weighted by atomic mass is 10.3. The summed E-state index contributed by atoms with van der Waals surface area (Å²) >= 11 is 3.21. The summed E-state index contributed by atoms with van der Waals surface area (Å²) in [6, 6.07) is 15.6. The molecule has 3 aromatic heterocycles. The Labute approximate surface area is 164 Å². The van der Waals surface area contributed by atoms with Crippen LogP contribution in [0.4, 0.5) is 5.69 Å². The van der Waals surface area contributed by atoms with Crippen LogP contribution in [0.25, 0.3) is 11.5 Å². The number of thiazole rings is 1. The fraction of sp³-hybridized carbons (Fsp3) is 0.100. The second kappa shape index (κ2) is 7.77. The summed E-state index contributed by atoms with van der Waals surface area (Å²) in [4.78, 5) is 7.83. The Morgan fingerprint density at radius 3 is 2.81 bits per heavy atom. The summed E-state index contributed by atoms with van der Waals surface area (Å²) in [6.45, 7) is 2.08. The molecule has 7 heteroatoms. The molecule has 0 aliphatic rings. The molecule has 0 aliphatic carbocycles. The van der Waals surface area contributed by atoms with Gasteiger partial charge < -0.3 is 9.15 Å². The van der Waals surface area contributed by atoms with Crippen LogP contribution in [0, 0.1) is 6.92 Å². The normalized spacial score (nSPS) is 12.1. The van der Waals surface area contributed by atoms with E-state index < -0.39 is 0 Å². The number of aryl methyl sites for hydroxylation is 1. The number of aromatic nitrogens is 1. The molecular formula is C20H17N3O2S2. The van der Waals surface area contributed by atoms with Gasteiger partial charge in [0, 0.05) is 21.2 Å². The van der Waals surface area contributed by atoms with Crippen LogP contribution in [0.15, 0.2) is 74.7 Å². The van der Waals surface area contributed by atoms with E-state index in [-0.39, 0.29) is 0 Å². The summed E-state index contributed by atoms with van der Waals surface area (Å²) in [6.07, 6.45) is 3.50. The van der Waals surface area contributed by atoms with Crippen LogP contribution >= 0.6 is 22.7 Å². The molecule has 3 heterocycles. The van der Waals surface area contributed by atoms with Gasteiger partial charge in [0.1, 0.15) is 11.4 Å². The first-order chi connectivity index (χ1) is 13.2. The van der Waals surface area contributed by atoms with Crippen molar-refractivity contribution in [2.45, 2.75) is 6.92 Å². The fourth-order valence-electron chi connectivity index (χ4n) is 2.51. The van der Waals surface area contributed by atoms with Gasteiger partial charge in [-0.25, -0.2) is 9.67 Å². The van der Waals surface area contributed by atoms with Gasteiger partial charge in [-0.15, -0.1) is 22.7 Å². The molecule has 0 atom stereocenters. The maximum Gasteiger partial charge on any atom is 0.211 e. The van der Waals surface area contributed by atoms with E-state index in [1.54, 1.807) is 29.4 Å². The minimum atomic E-state index is 0.748. The Bertz CT molecular complexity index is 1130. The quantitative estimate of drug-likeness (QED) is 0.430. The van der Waals surface area contributed by atoms with Gasteiger partial charge in [-0.1, -0.05) is 6.07 Å². The second-order valence-electron chi connectivity index (χ2n) is 5.70. The molecule has 5 nitrogen and oxygen atoms in total. The molecule has 0 bridgehead atoms. The van der Waals surface area contributed by atoms with Gasteiger partial charge in [0.15, 0.2) is 5.76 Å². The van der Waals surface area contributed by atoms with Crippen LogP contribution in [0.5, 0.6) is 5.75 Å². The van der Waals surface area contributed by atoms with Gasteiger partial charge in [-0.3, -0.25) is 0 Å². The molecule has 0 N–H and O–H groups in total. The van der Waals surface area contributed by atoms with Crippen molar-refractivity contribution < 1.29 is 9.15 Å². The van der Waals surface area contributed by atoms with Crippen LogP contribution < -0.4 is 9.54 Å². The summed E-state index contributed by atoms with van der Waals surface area (Å²) < 4.78 is 12.7. The molecule has 4 rings (SSSR count). The van der Waals surface area contributed by atoms with Crippen molar-refractivity contribution in [3.05, 3.63) is 74.7 Å². The van der Waals surface area contributed by atoms with E-state index in [0.29, 0.717) is 0 Å². The predicted molar refractivity (Wildman–Crippen MR) is 110 cm³/mol. The van der Waals surface area contributed by atoms with Crippen LogP contribution in [-0.4, -0.2) is 18.0 Å². The Morgan fingerprint density at radius 2 is 2.07 bits per heavy atom. The number of rotatable bonds is 5. The molecule has 0 saturated heterocycles. The van der Waals surface area contributed by atoms with E-state index in [1.165, 1.54) is 16.2 Å². The molecule has 0 saturated carbocycles. The number of ether oxygens (including phenoxy) is 1. The monoisotopic (exact) mass is 395 g/mol. The highest BCUT2D eigenvalue weighted by molar-refractivity contribution is 7.13. The van der Waals surface area contributed by atoms with Gasteiger partial charge in [0.25, 0.3) is 0 Å². The molecule has 0 aliphatic heterocycles. The highest BCUT2D eigenvalue weighted by atomic mass is 32.1. The number of benzene rings is 1. The van der Waals surface area contributed by atoms with Crippen molar-refractivity contribution >= 4 is 34.6 Å². The molecule has 0 amide bonds. The first-order valence-electron chi connectivity index (χ1n) is 8.27. The van der Waals surface area contributed by atoms with Gasteiger partial charge in [0.2, 0.25) is 4.80 Å². The minimum Gasteiger partial charge on any atom is -0.497 e. The zero-order valence-electron chi connectivity index (χ0n) is 14.8. The van der Waals surface area contributed by atoms with Crippen molar-refractivity contribution in [1.82, 2.24) is 4.68 Å². The maximum atomic E-state index is 5.57. The number of nitrogens with zero attached hydrogens (tertiary/aromatic N) is 3. The predicted octanol–water partition coefficient (Wildman–Crippen LogP) is 5.30. The molecule has 0 unspecified atom stereocenters. The number of hydrogen-bond donors (Lipinski definition) is 0.